The Balaban J connectivity index is 1.94. The fourth-order valence-electron chi connectivity index (χ4n) is 2.23. The Labute approximate surface area is 106 Å². The lowest BCUT2D eigenvalue weighted by molar-refractivity contribution is 0.511. The lowest BCUT2D eigenvalue weighted by atomic mass is 9.97. The van der Waals surface area contributed by atoms with E-state index in [-0.39, 0.29) is 11.4 Å². The molecule has 0 aromatic heterocycles. The van der Waals surface area contributed by atoms with E-state index in [2.05, 4.69) is 11.4 Å². The van der Waals surface area contributed by atoms with Crippen LogP contribution in [0.25, 0.3) is 0 Å². The Bertz CT molecular complexity index is 455. The number of hydrogen-bond acceptors (Lipinski definition) is 2. The van der Waals surface area contributed by atoms with Crippen molar-refractivity contribution in [2.45, 2.75) is 32.1 Å². The molecule has 0 atom stereocenters. The van der Waals surface area contributed by atoms with Gasteiger partial charge in [0, 0.05) is 6.54 Å². The van der Waals surface area contributed by atoms with Crippen LogP contribution in [0.1, 0.15) is 32.1 Å². The minimum Gasteiger partial charge on any atom is -0.397 e. The fourth-order valence-corrected chi connectivity index (χ4v) is 2.23. The molecule has 0 heterocycles. The van der Waals surface area contributed by atoms with E-state index in [9.17, 15) is 8.78 Å². The van der Waals surface area contributed by atoms with E-state index in [0.717, 1.165) is 25.3 Å². The predicted molar refractivity (Wildman–Crippen MR) is 70.4 cm³/mol. The van der Waals surface area contributed by atoms with Crippen LogP contribution in [-0.2, 0) is 0 Å². The van der Waals surface area contributed by atoms with Gasteiger partial charge >= 0.3 is 0 Å². The summed E-state index contributed by atoms with van der Waals surface area (Å²) in [6.45, 7) is 0.580. The third kappa shape index (κ3) is 3.00. The van der Waals surface area contributed by atoms with Gasteiger partial charge in [0.25, 0.3) is 0 Å². The molecule has 0 saturated carbocycles. The Hall–Kier alpha value is -1.58. The molecular formula is C14H18F2N2. The van der Waals surface area contributed by atoms with Crippen molar-refractivity contribution < 1.29 is 8.78 Å². The molecule has 2 nitrogen and oxygen atoms in total. The van der Waals surface area contributed by atoms with E-state index in [1.165, 1.54) is 24.5 Å². The molecule has 0 spiro atoms. The van der Waals surface area contributed by atoms with Gasteiger partial charge in [-0.05, 0) is 44.2 Å². The van der Waals surface area contributed by atoms with Crippen molar-refractivity contribution in [2.75, 3.05) is 17.6 Å². The zero-order chi connectivity index (χ0) is 13.0. The Morgan fingerprint density at radius 2 is 2.06 bits per heavy atom. The third-order valence-corrected chi connectivity index (χ3v) is 3.26. The van der Waals surface area contributed by atoms with E-state index in [1.54, 1.807) is 0 Å². The maximum Gasteiger partial charge on any atom is 0.183 e. The smallest absolute Gasteiger partial charge is 0.183 e. The maximum absolute atomic E-state index is 13.5. The number of nitrogens with one attached hydrogen (secondary N) is 1. The van der Waals surface area contributed by atoms with Crippen LogP contribution in [0.2, 0.25) is 0 Å². The minimum atomic E-state index is -0.896. The van der Waals surface area contributed by atoms with Crippen LogP contribution < -0.4 is 11.1 Å². The number of halogens is 2. The number of benzene rings is 1. The molecule has 0 saturated heterocycles. The van der Waals surface area contributed by atoms with Gasteiger partial charge in [-0.3, -0.25) is 0 Å². The average Bonchev–Trinajstić information content (AvgIpc) is 2.39. The molecule has 1 aliphatic carbocycles. The number of rotatable bonds is 4. The van der Waals surface area contributed by atoms with Gasteiger partial charge in [0.05, 0.1) is 11.4 Å². The van der Waals surface area contributed by atoms with Crippen LogP contribution in [-0.4, -0.2) is 6.54 Å². The highest BCUT2D eigenvalue weighted by Crippen LogP contribution is 2.25. The van der Waals surface area contributed by atoms with Crippen LogP contribution in [0.4, 0.5) is 20.2 Å². The van der Waals surface area contributed by atoms with Crippen molar-refractivity contribution in [3.63, 3.8) is 0 Å². The molecule has 0 amide bonds. The second-order valence-electron chi connectivity index (χ2n) is 4.61. The molecule has 0 unspecified atom stereocenters. The van der Waals surface area contributed by atoms with Crippen LogP contribution in [0.15, 0.2) is 23.8 Å². The highest BCUT2D eigenvalue weighted by atomic mass is 19.2. The molecule has 1 aromatic rings. The molecule has 4 heteroatoms. The minimum absolute atomic E-state index is 0.0754. The number of anilines is 2. The topological polar surface area (TPSA) is 38.0 Å². The maximum atomic E-state index is 13.5. The quantitative estimate of drug-likeness (QED) is 0.631. The molecule has 98 valence electrons. The average molecular weight is 252 g/mol. The van der Waals surface area contributed by atoms with E-state index >= 15 is 0 Å². The largest absolute Gasteiger partial charge is 0.397 e. The monoisotopic (exact) mass is 252 g/mol. The number of nitrogen functional groups attached to an aromatic ring is 1. The van der Waals surface area contributed by atoms with Crippen LogP contribution >= 0.6 is 0 Å². The summed E-state index contributed by atoms with van der Waals surface area (Å²) in [5.74, 6) is -1.77. The van der Waals surface area contributed by atoms with E-state index in [4.69, 9.17) is 5.73 Å². The van der Waals surface area contributed by atoms with Crippen LogP contribution in [0.3, 0.4) is 0 Å². The molecule has 1 aromatic carbocycles. The molecule has 0 fully saturated rings. The Kier molecular flexibility index (Phi) is 4.18. The van der Waals surface area contributed by atoms with Crippen molar-refractivity contribution in [3.8, 4) is 0 Å². The van der Waals surface area contributed by atoms with Gasteiger partial charge in [-0.25, -0.2) is 8.78 Å². The van der Waals surface area contributed by atoms with Crippen LogP contribution in [0, 0.1) is 11.6 Å². The molecule has 2 rings (SSSR count). The first-order chi connectivity index (χ1) is 8.68. The third-order valence-electron chi connectivity index (χ3n) is 3.26. The predicted octanol–water partition coefficient (Wildman–Crippen LogP) is 3.85. The highest BCUT2D eigenvalue weighted by molar-refractivity contribution is 5.66. The first-order valence-corrected chi connectivity index (χ1v) is 6.33. The standard InChI is InChI=1S/C14H18F2N2/c15-11-6-7-12(17)14(13(11)16)18-9-8-10-4-2-1-3-5-10/h4,6-7,18H,1-3,5,8-9,17H2. The van der Waals surface area contributed by atoms with Gasteiger partial charge in [-0.2, -0.15) is 0 Å². The SMILES string of the molecule is Nc1ccc(F)c(F)c1NCCC1=CCCCC1. The molecule has 18 heavy (non-hydrogen) atoms. The van der Waals surface area contributed by atoms with Gasteiger partial charge in [-0.15, -0.1) is 0 Å². The van der Waals surface area contributed by atoms with E-state index in [1.807, 2.05) is 0 Å². The lowest BCUT2D eigenvalue weighted by Gasteiger charge is -2.14. The van der Waals surface area contributed by atoms with Gasteiger partial charge in [0.2, 0.25) is 0 Å². The summed E-state index contributed by atoms with van der Waals surface area (Å²) in [4.78, 5) is 0. The fraction of sp³-hybridized carbons (Fsp3) is 0.429. The van der Waals surface area contributed by atoms with Crippen molar-refractivity contribution >= 4 is 11.4 Å². The van der Waals surface area contributed by atoms with E-state index < -0.39 is 11.6 Å². The zero-order valence-electron chi connectivity index (χ0n) is 10.3. The summed E-state index contributed by atoms with van der Waals surface area (Å²) in [7, 11) is 0. The van der Waals surface area contributed by atoms with Gasteiger partial charge < -0.3 is 11.1 Å². The second kappa shape index (κ2) is 5.85. The molecule has 0 aliphatic heterocycles. The summed E-state index contributed by atoms with van der Waals surface area (Å²) >= 11 is 0. The summed E-state index contributed by atoms with van der Waals surface area (Å²) in [6, 6.07) is 2.42. The highest BCUT2D eigenvalue weighted by Gasteiger charge is 2.11. The van der Waals surface area contributed by atoms with Crippen molar-refractivity contribution in [1.29, 1.82) is 0 Å². The Morgan fingerprint density at radius 3 is 2.78 bits per heavy atom. The summed E-state index contributed by atoms with van der Waals surface area (Å²) < 4.78 is 26.6. The van der Waals surface area contributed by atoms with E-state index in [0.29, 0.717) is 6.54 Å². The van der Waals surface area contributed by atoms with Gasteiger partial charge in [0.1, 0.15) is 0 Å². The van der Waals surface area contributed by atoms with Crippen molar-refractivity contribution in [1.82, 2.24) is 0 Å². The molecule has 0 bridgehead atoms. The van der Waals surface area contributed by atoms with Crippen molar-refractivity contribution in [2.24, 2.45) is 0 Å². The first kappa shape index (κ1) is 12.9. The van der Waals surface area contributed by atoms with Crippen molar-refractivity contribution in [3.05, 3.63) is 35.4 Å². The number of allylic oxidation sites excluding steroid dienone is 1. The lowest BCUT2D eigenvalue weighted by Crippen LogP contribution is -2.09. The summed E-state index contributed by atoms with van der Waals surface area (Å²) in [6.07, 6.45) is 7.82. The normalized spacial score (nSPS) is 15.3. The van der Waals surface area contributed by atoms with Gasteiger partial charge in [-0.1, -0.05) is 11.6 Å². The number of nitrogens with two attached hydrogens (primary N) is 1. The Morgan fingerprint density at radius 1 is 1.22 bits per heavy atom. The molecule has 3 N–H and O–H groups in total. The summed E-state index contributed by atoms with van der Waals surface area (Å²) in [5.41, 5.74) is 7.34. The number of hydrogen-bond donors (Lipinski definition) is 2. The van der Waals surface area contributed by atoms with Crippen LogP contribution in [0.5, 0.6) is 0 Å². The second-order valence-corrected chi connectivity index (χ2v) is 4.61. The van der Waals surface area contributed by atoms with Gasteiger partial charge in [0.15, 0.2) is 11.6 Å². The molecule has 0 radical (unpaired) electrons. The zero-order valence-corrected chi connectivity index (χ0v) is 10.3. The molecule has 1 aliphatic rings. The first-order valence-electron chi connectivity index (χ1n) is 6.33. The summed E-state index contributed by atoms with van der Waals surface area (Å²) in [5, 5.41) is 2.89. The molecular weight excluding hydrogens is 234 g/mol.